The molecule has 3 aromatic heterocycles. The van der Waals surface area contributed by atoms with Crippen LogP contribution in [-0.2, 0) is 21.7 Å². The van der Waals surface area contributed by atoms with E-state index in [2.05, 4.69) is 155 Å². The Kier molecular flexibility index (Phi) is 10.1. The molecule has 0 radical (unpaired) electrons. The molecule has 3 heterocycles. The minimum atomic E-state index is -2.49. The second-order valence-corrected chi connectivity index (χ2v) is 24.3. The topological polar surface area (TPSA) is 35.9 Å². The van der Waals surface area contributed by atoms with E-state index in [4.69, 9.17) is 20.7 Å². The van der Waals surface area contributed by atoms with Gasteiger partial charge in [-0.3, -0.25) is 13.7 Å². The Balaban J connectivity index is 1.18. The van der Waals surface area contributed by atoms with Crippen molar-refractivity contribution >= 4 is 32.8 Å². The van der Waals surface area contributed by atoms with Crippen molar-refractivity contribution in [3.63, 3.8) is 0 Å². The molecule has 11 aromatic rings. The Morgan fingerprint density at radius 1 is 0.500 bits per heavy atom. The van der Waals surface area contributed by atoms with Gasteiger partial charge in [-0.05, 0) is 139 Å². The van der Waals surface area contributed by atoms with Crippen LogP contribution in [0.1, 0.15) is 122 Å². The zero-order valence-electron chi connectivity index (χ0n) is 53.7. The molecule has 0 aliphatic rings. The molecule has 0 fully saturated rings. The third-order valence-electron chi connectivity index (χ3n) is 14.6. The van der Waals surface area contributed by atoms with Crippen LogP contribution in [0.2, 0.25) is 0 Å². The SMILES string of the molecule is [2H]c1c([2H])c([2H])c(-c2ccc3c(c2)n(-c2cccc(Oc4ccc5c6ccccc6n(-c6cc(C(C)(C)C)ccn6)c5c4)c2)[c-][n+]3-c2c(-c3cccc(C(C)(C)C)c3)cc(C([2H])([2H])[2H])cc2-c2cc(C(C)(C)C)cc(C(C)(C)C)c2)c([2H])c1[2H]. The number of aromatic nitrogens is 4. The smallest absolute Gasteiger partial charge is 0.269 e. The van der Waals surface area contributed by atoms with Gasteiger partial charge in [0.15, 0.2) is 0 Å². The van der Waals surface area contributed by atoms with Gasteiger partial charge in [0.2, 0.25) is 0 Å². The van der Waals surface area contributed by atoms with E-state index in [-0.39, 0.29) is 44.9 Å². The standard InChI is InChI=1S/C71H70N4O/c1-46-35-60(49-23-19-24-51(37-49)68(2,3)4)67(61(36-46)50-38-53(70(8,9)10)41-54(39-50)71(11,12)13)74-45-73(65-40-48(29-32-63(65)74)47-21-15-14-16-22-47)55-25-20-26-56(43-55)76-57-30-31-59-58-27-17-18-28-62(58)75(64(59)44-57)66-42-52(33-34-72-66)69(5,6)7/h14-44H,1-13H3/i1D3,14D,15D,16D,21D,22D. The van der Waals surface area contributed by atoms with Crippen LogP contribution in [0.3, 0.4) is 0 Å². The Hall–Kier alpha value is -8.02. The van der Waals surface area contributed by atoms with E-state index >= 15 is 0 Å². The van der Waals surface area contributed by atoms with Crippen LogP contribution in [0.4, 0.5) is 0 Å². The Labute approximate surface area is 461 Å². The molecule has 0 N–H and O–H groups in total. The van der Waals surface area contributed by atoms with Gasteiger partial charge in [-0.25, -0.2) is 4.98 Å². The molecule has 0 atom stereocenters. The minimum absolute atomic E-state index is 0.0588. The van der Waals surface area contributed by atoms with Gasteiger partial charge in [-0.2, -0.15) is 0 Å². The number of ether oxygens (including phenoxy) is 1. The van der Waals surface area contributed by atoms with Crippen molar-refractivity contribution in [1.29, 1.82) is 0 Å². The minimum Gasteiger partial charge on any atom is -0.458 e. The number of nitrogens with zero attached hydrogens (tertiary/aromatic N) is 4. The van der Waals surface area contributed by atoms with Crippen molar-refractivity contribution in [2.75, 3.05) is 0 Å². The van der Waals surface area contributed by atoms with Crippen molar-refractivity contribution in [2.24, 2.45) is 0 Å². The quantitative estimate of drug-likeness (QED) is 0.112. The molecule has 380 valence electrons. The second-order valence-electron chi connectivity index (χ2n) is 24.3. The maximum absolute atomic E-state index is 9.09. The zero-order chi connectivity index (χ0) is 60.3. The molecule has 76 heavy (non-hydrogen) atoms. The van der Waals surface area contributed by atoms with Crippen molar-refractivity contribution in [1.82, 2.24) is 14.1 Å². The number of aryl methyl sites for hydroxylation is 1. The highest BCUT2D eigenvalue weighted by Crippen LogP contribution is 2.42. The summed E-state index contributed by atoms with van der Waals surface area (Å²) in [5, 5.41) is 2.14. The number of imidazole rings is 1. The monoisotopic (exact) mass is 1000 g/mol. The fourth-order valence-corrected chi connectivity index (χ4v) is 10.2. The predicted octanol–water partition coefficient (Wildman–Crippen LogP) is 18.5. The molecular formula is C71H70N4O. The molecule has 0 aliphatic heterocycles. The molecule has 8 aromatic carbocycles. The van der Waals surface area contributed by atoms with Crippen LogP contribution in [0.5, 0.6) is 11.5 Å². The van der Waals surface area contributed by atoms with Crippen molar-refractivity contribution in [3.8, 4) is 62.1 Å². The lowest BCUT2D eigenvalue weighted by Gasteiger charge is -2.27. The van der Waals surface area contributed by atoms with Crippen LogP contribution < -0.4 is 9.30 Å². The summed E-state index contributed by atoms with van der Waals surface area (Å²) in [5.41, 5.74) is 11.7. The lowest BCUT2D eigenvalue weighted by atomic mass is 9.78. The molecule has 0 spiro atoms. The van der Waals surface area contributed by atoms with E-state index in [0.29, 0.717) is 50.6 Å². The van der Waals surface area contributed by atoms with Gasteiger partial charge in [0.25, 0.3) is 6.33 Å². The molecule has 5 nitrogen and oxygen atoms in total. The predicted molar refractivity (Wildman–Crippen MR) is 318 cm³/mol. The van der Waals surface area contributed by atoms with E-state index in [1.165, 1.54) is 0 Å². The van der Waals surface area contributed by atoms with Gasteiger partial charge in [0.1, 0.15) is 17.3 Å². The molecule has 0 amide bonds. The van der Waals surface area contributed by atoms with Crippen molar-refractivity contribution in [2.45, 2.75) is 112 Å². The van der Waals surface area contributed by atoms with E-state index in [1.807, 2.05) is 88.1 Å². The zero-order valence-corrected chi connectivity index (χ0v) is 45.7. The number of hydrogen-bond acceptors (Lipinski definition) is 2. The number of fused-ring (bicyclic) bond motifs is 4. The van der Waals surface area contributed by atoms with Gasteiger partial charge < -0.3 is 4.74 Å². The lowest BCUT2D eigenvalue weighted by molar-refractivity contribution is -0.571. The fraction of sp³-hybridized carbons (Fsp3) is 0.239. The first-order valence-electron chi connectivity index (χ1n) is 30.2. The highest BCUT2D eigenvalue weighted by molar-refractivity contribution is 6.09. The summed E-state index contributed by atoms with van der Waals surface area (Å²) >= 11 is 0. The lowest BCUT2D eigenvalue weighted by Crippen LogP contribution is -2.31. The summed E-state index contributed by atoms with van der Waals surface area (Å²) in [7, 11) is 0. The van der Waals surface area contributed by atoms with Crippen LogP contribution >= 0.6 is 0 Å². The van der Waals surface area contributed by atoms with E-state index in [0.717, 1.165) is 61.0 Å². The Morgan fingerprint density at radius 3 is 1.86 bits per heavy atom. The molecule has 0 unspecified atom stereocenters. The normalized spacial score (nSPS) is 14.2. The average Bonchev–Trinajstić information content (AvgIpc) is 1.54. The number of pyridine rings is 1. The number of para-hydroxylation sites is 1. The number of rotatable bonds is 8. The third kappa shape index (κ3) is 9.53. The molecule has 5 heteroatoms. The van der Waals surface area contributed by atoms with Crippen LogP contribution in [0.15, 0.2) is 188 Å². The first-order chi connectivity index (χ1) is 39.4. The van der Waals surface area contributed by atoms with Gasteiger partial charge in [0.05, 0.1) is 40.3 Å². The van der Waals surface area contributed by atoms with E-state index < -0.39 is 25.0 Å². The van der Waals surface area contributed by atoms with Crippen LogP contribution in [-0.4, -0.2) is 14.1 Å². The van der Waals surface area contributed by atoms with Gasteiger partial charge in [-0.1, -0.05) is 210 Å². The highest BCUT2D eigenvalue weighted by atomic mass is 16.5. The van der Waals surface area contributed by atoms with Gasteiger partial charge in [0, 0.05) is 27.1 Å². The summed E-state index contributed by atoms with van der Waals surface area (Å²) in [6.45, 7) is 23.7. The molecule has 0 bridgehead atoms. The first kappa shape index (κ1) is 41.3. The molecule has 0 saturated heterocycles. The number of benzene rings is 8. The van der Waals surface area contributed by atoms with E-state index in [1.54, 1.807) is 18.2 Å². The van der Waals surface area contributed by atoms with Crippen molar-refractivity contribution in [3.05, 3.63) is 222 Å². The van der Waals surface area contributed by atoms with E-state index in [9.17, 15) is 0 Å². The maximum atomic E-state index is 9.09. The Morgan fingerprint density at radius 2 is 1.14 bits per heavy atom. The summed E-state index contributed by atoms with van der Waals surface area (Å²) in [4.78, 5) is 4.89. The molecule has 0 aliphatic carbocycles. The second kappa shape index (κ2) is 18.7. The largest absolute Gasteiger partial charge is 0.458 e. The summed E-state index contributed by atoms with van der Waals surface area (Å²) < 4.78 is 83.9. The maximum Gasteiger partial charge on any atom is 0.269 e. The summed E-state index contributed by atoms with van der Waals surface area (Å²) in [6, 6.07) is 48.4. The van der Waals surface area contributed by atoms with Gasteiger partial charge >= 0.3 is 0 Å². The van der Waals surface area contributed by atoms with Crippen LogP contribution in [0, 0.1) is 13.2 Å². The summed E-state index contributed by atoms with van der Waals surface area (Å²) in [6.07, 6.45) is 5.64. The Bertz CT molecular complexity index is 4380. The van der Waals surface area contributed by atoms with Crippen LogP contribution in [0.25, 0.3) is 83.4 Å². The first-order valence-corrected chi connectivity index (χ1v) is 26.2. The molecule has 0 saturated carbocycles. The number of hydrogen-bond donors (Lipinski definition) is 0. The highest BCUT2D eigenvalue weighted by Gasteiger charge is 2.27. The third-order valence-corrected chi connectivity index (χ3v) is 14.6. The fourth-order valence-electron chi connectivity index (χ4n) is 10.2. The van der Waals surface area contributed by atoms with Crippen molar-refractivity contribution < 1.29 is 20.3 Å². The molecule has 11 rings (SSSR count). The summed E-state index contributed by atoms with van der Waals surface area (Å²) in [5.74, 6) is 1.93. The molecular weight excluding hydrogens is 925 g/mol. The average molecular weight is 1000 g/mol. The van der Waals surface area contributed by atoms with Gasteiger partial charge in [-0.15, -0.1) is 0 Å².